The van der Waals surface area contributed by atoms with Crippen LogP contribution in [0.3, 0.4) is 0 Å². The predicted molar refractivity (Wildman–Crippen MR) is 41.7 cm³/mol. The van der Waals surface area contributed by atoms with Gasteiger partial charge in [0.25, 0.3) is 0 Å². The Labute approximate surface area is 70.6 Å². The smallest absolute Gasteiger partial charge is 0.180 e. The van der Waals surface area contributed by atoms with Gasteiger partial charge in [0.2, 0.25) is 0 Å². The molecule has 1 fully saturated rings. The van der Waals surface area contributed by atoms with Gasteiger partial charge in [0, 0.05) is 19.0 Å². The molecule has 1 aromatic rings. The number of nitrogens with zero attached hydrogens (tertiary/aromatic N) is 4. The van der Waals surface area contributed by atoms with Crippen molar-refractivity contribution in [1.82, 2.24) is 25.5 Å². The highest BCUT2D eigenvalue weighted by atomic mass is 35.5. The molecule has 0 aliphatic carbocycles. The highest BCUT2D eigenvalue weighted by molar-refractivity contribution is 5.85. The zero-order valence-corrected chi connectivity index (χ0v) is 7.01. The molecule has 2 heterocycles. The zero-order valence-electron chi connectivity index (χ0n) is 6.19. The van der Waals surface area contributed by atoms with Crippen LogP contribution in [0.5, 0.6) is 0 Å². The molecule has 0 aromatic carbocycles. The highest BCUT2D eigenvalue weighted by Crippen LogP contribution is 2.12. The summed E-state index contributed by atoms with van der Waals surface area (Å²) in [7, 11) is 1.78. The number of tetrazole rings is 1. The average molecular weight is 176 g/mol. The Bertz CT molecular complexity index is 231. The Morgan fingerprint density at radius 2 is 2.27 bits per heavy atom. The molecule has 0 unspecified atom stereocenters. The highest BCUT2D eigenvalue weighted by Gasteiger charge is 2.22. The summed E-state index contributed by atoms with van der Waals surface area (Å²) in [4.78, 5) is 1.49. The summed E-state index contributed by atoms with van der Waals surface area (Å²) in [5.74, 6) is 1.36. The third-order valence-electron chi connectivity index (χ3n) is 1.67. The van der Waals surface area contributed by atoms with Crippen molar-refractivity contribution in [3.05, 3.63) is 5.82 Å². The number of aryl methyl sites for hydroxylation is 1. The van der Waals surface area contributed by atoms with Crippen LogP contribution < -0.4 is 5.32 Å². The second-order valence-corrected chi connectivity index (χ2v) is 2.49. The molecule has 1 saturated heterocycles. The summed E-state index contributed by atoms with van der Waals surface area (Å²) >= 11 is 0. The lowest BCUT2D eigenvalue weighted by molar-refractivity contribution is 0.428. The van der Waals surface area contributed by atoms with Crippen LogP contribution in [0.2, 0.25) is 0 Å². The third kappa shape index (κ3) is 1.49. The molecular weight excluding hydrogens is 166 g/mol. The van der Waals surface area contributed by atoms with Crippen molar-refractivity contribution in [3.63, 3.8) is 0 Å². The van der Waals surface area contributed by atoms with Crippen LogP contribution in [-0.4, -0.2) is 33.3 Å². The summed E-state index contributed by atoms with van der Waals surface area (Å²) in [6.07, 6.45) is 0. The van der Waals surface area contributed by atoms with E-state index in [1.807, 2.05) is 0 Å². The zero-order chi connectivity index (χ0) is 6.97. The maximum Gasteiger partial charge on any atom is 0.180 e. The predicted octanol–water partition coefficient (Wildman–Crippen LogP) is -0.681. The number of hydrogen-bond donors (Lipinski definition) is 1. The molecule has 1 aliphatic heterocycles. The summed E-state index contributed by atoms with van der Waals surface area (Å²) in [6.45, 7) is 1.98. The van der Waals surface area contributed by atoms with Gasteiger partial charge in [-0.05, 0) is 5.21 Å². The number of halogens is 1. The fourth-order valence-corrected chi connectivity index (χ4v) is 0.933. The van der Waals surface area contributed by atoms with Crippen LogP contribution >= 0.6 is 12.4 Å². The van der Waals surface area contributed by atoms with Gasteiger partial charge in [-0.3, -0.25) is 0 Å². The van der Waals surface area contributed by atoms with E-state index >= 15 is 0 Å². The molecule has 5 nitrogen and oxygen atoms in total. The van der Waals surface area contributed by atoms with E-state index in [2.05, 4.69) is 20.7 Å². The third-order valence-corrected chi connectivity index (χ3v) is 1.67. The lowest BCUT2D eigenvalue weighted by Gasteiger charge is -2.23. The van der Waals surface area contributed by atoms with Crippen molar-refractivity contribution < 1.29 is 0 Å². The van der Waals surface area contributed by atoms with Gasteiger partial charge in [-0.1, -0.05) is 0 Å². The molecule has 6 heteroatoms. The number of rotatable bonds is 1. The van der Waals surface area contributed by atoms with E-state index in [0.717, 1.165) is 18.9 Å². The Hall–Kier alpha value is -0.680. The summed E-state index contributed by atoms with van der Waals surface area (Å²) < 4.78 is 0. The molecule has 11 heavy (non-hydrogen) atoms. The normalized spacial score (nSPS) is 17.2. The minimum atomic E-state index is 0. The number of aromatic nitrogens is 4. The van der Waals surface area contributed by atoms with Gasteiger partial charge in [0.1, 0.15) is 0 Å². The largest absolute Gasteiger partial charge is 0.315 e. The van der Waals surface area contributed by atoms with E-state index in [-0.39, 0.29) is 12.4 Å². The van der Waals surface area contributed by atoms with E-state index in [0.29, 0.717) is 5.92 Å². The van der Waals surface area contributed by atoms with E-state index in [9.17, 15) is 0 Å². The van der Waals surface area contributed by atoms with Gasteiger partial charge >= 0.3 is 0 Å². The second-order valence-electron chi connectivity index (χ2n) is 2.49. The Kier molecular flexibility index (Phi) is 2.41. The Balaban J connectivity index is 0.000000605. The Morgan fingerprint density at radius 3 is 2.64 bits per heavy atom. The second kappa shape index (κ2) is 3.15. The molecule has 0 atom stereocenters. The van der Waals surface area contributed by atoms with Crippen molar-refractivity contribution in [3.8, 4) is 0 Å². The maximum atomic E-state index is 4.09. The summed E-state index contributed by atoms with van der Waals surface area (Å²) in [5, 5.41) is 14.9. The fourth-order valence-electron chi connectivity index (χ4n) is 0.933. The molecule has 1 N–H and O–H groups in total. The lowest BCUT2D eigenvalue weighted by Crippen LogP contribution is -2.40. The van der Waals surface area contributed by atoms with Gasteiger partial charge in [0.15, 0.2) is 5.82 Å². The quantitative estimate of drug-likeness (QED) is 0.615. The van der Waals surface area contributed by atoms with Gasteiger partial charge < -0.3 is 5.32 Å². The Morgan fingerprint density at radius 1 is 1.55 bits per heavy atom. The maximum absolute atomic E-state index is 4.09. The first-order chi connectivity index (χ1) is 4.86. The monoisotopic (exact) mass is 175 g/mol. The van der Waals surface area contributed by atoms with E-state index < -0.39 is 0 Å². The van der Waals surface area contributed by atoms with Crippen molar-refractivity contribution in [2.45, 2.75) is 5.92 Å². The van der Waals surface area contributed by atoms with Crippen molar-refractivity contribution in [1.29, 1.82) is 0 Å². The standard InChI is InChI=1S/C5H9N5.ClH/c1-10-8-5(7-9-10)4-2-6-3-4;/h4,6H,2-3H2,1H3;1H. The molecule has 0 spiro atoms. The fraction of sp³-hybridized carbons (Fsp3) is 0.800. The molecule has 0 bridgehead atoms. The number of hydrogen-bond acceptors (Lipinski definition) is 4. The van der Waals surface area contributed by atoms with Gasteiger partial charge in [0.05, 0.1) is 7.05 Å². The first-order valence-electron chi connectivity index (χ1n) is 3.31. The topological polar surface area (TPSA) is 55.6 Å². The molecular formula is C5H10ClN5. The minimum absolute atomic E-state index is 0. The lowest BCUT2D eigenvalue weighted by atomic mass is 10.0. The van der Waals surface area contributed by atoms with Crippen LogP contribution in [0.1, 0.15) is 11.7 Å². The van der Waals surface area contributed by atoms with Gasteiger partial charge in [-0.15, -0.1) is 22.6 Å². The van der Waals surface area contributed by atoms with E-state index in [1.54, 1.807) is 7.05 Å². The van der Waals surface area contributed by atoms with Crippen LogP contribution in [0.25, 0.3) is 0 Å². The van der Waals surface area contributed by atoms with Crippen LogP contribution in [0.4, 0.5) is 0 Å². The first kappa shape index (κ1) is 8.42. The van der Waals surface area contributed by atoms with Crippen molar-refractivity contribution in [2.75, 3.05) is 13.1 Å². The van der Waals surface area contributed by atoms with Crippen LogP contribution in [0.15, 0.2) is 0 Å². The van der Waals surface area contributed by atoms with Gasteiger partial charge in [-0.2, -0.15) is 4.80 Å². The number of nitrogens with one attached hydrogen (secondary N) is 1. The molecule has 0 amide bonds. The molecule has 2 rings (SSSR count). The van der Waals surface area contributed by atoms with Gasteiger partial charge in [-0.25, -0.2) is 0 Å². The minimum Gasteiger partial charge on any atom is -0.315 e. The van der Waals surface area contributed by atoms with Crippen molar-refractivity contribution >= 4 is 12.4 Å². The van der Waals surface area contributed by atoms with E-state index in [1.165, 1.54) is 4.80 Å². The van der Waals surface area contributed by atoms with Crippen LogP contribution in [0, 0.1) is 0 Å². The SMILES string of the molecule is Cl.Cn1nnc(C2CNC2)n1. The molecule has 0 radical (unpaired) electrons. The summed E-state index contributed by atoms with van der Waals surface area (Å²) in [5.41, 5.74) is 0. The molecule has 1 aromatic heterocycles. The van der Waals surface area contributed by atoms with Crippen LogP contribution in [-0.2, 0) is 7.05 Å². The first-order valence-corrected chi connectivity index (χ1v) is 3.31. The van der Waals surface area contributed by atoms with Crippen molar-refractivity contribution in [2.24, 2.45) is 7.05 Å². The molecule has 1 aliphatic rings. The molecule has 0 saturated carbocycles. The summed E-state index contributed by atoms with van der Waals surface area (Å²) in [6, 6.07) is 0. The molecule has 62 valence electrons. The average Bonchev–Trinajstić information content (AvgIpc) is 2.10. The van der Waals surface area contributed by atoms with E-state index in [4.69, 9.17) is 0 Å².